The molecule has 0 saturated carbocycles. The molecule has 1 amide bonds. The van der Waals surface area contributed by atoms with E-state index in [9.17, 15) is 22.8 Å². The number of anilines is 1. The molecule has 2 heterocycles. The van der Waals surface area contributed by atoms with Crippen LogP contribution in [0.4, 0.5) is 18.9 Å². The van der Waals surface area contributed by atoms with E-state index in [1.807, 2.05) is 42.5 Å². The molecular weight excluding hydrogens is 485 g/mol. The predicted molar refractivity (Wildman–Crippen MR) is 130 cm³/mol. The van der Waals surface area contributed by atoms with E-state index in [1.54, 1.807) is 35.4 Å². The molecule has 7 nitrogen and oxygen atoms in total. The number of esters is 1. The molecular formula is C27H23F3N4O3. The number of carbonyl (C=O) groups is 2. The molecule has 3 aromatic carbocycles. The van der Waals surface area contributed by atoms with Crippen molar-refractivity contribution in [2.45, 2.75) is 31.9 Å². The van der Waals surface area contributed by atoms with Gasteiger partial charge >= 0.3 is 12.1 Å². The molecule has 5 rings (SSSR count). The van der Waals surface area contributed by atoms with Crippen LogP contribution in [0.25, 0.3) is 10.8 Å². The van der Waals surface area contributed by atoms with E-state index in [1.165, 1.54) is 11.2 Å². The zero-order chi connectivity index (χ0) is 26.0. The topological polar surface area (TPSA) is 78.5 Å². The number of hydrogen-bond donors (Lipinski definition) is 1. The average molecular weight is 509 g/mol. The van der Waals surface area contributed by atoms with Gasteiger partial charge in [0.1, 0.15) is 0 Å². The number of ether oxygens (including phenoxy) is 1. The molecule has 0 bridgehead atoms. The lowest BCUT2D eigenvalue weighted by molar-refractivity contribution is -0.205. The number of para-hydroxylation sites is 1. The van der Waals surface area contributed by atoms with E-state index in [2.05, 4.69) is 9.97 Å². The van der Waals surface area contributed by atoms with Crippen LogP contribution in [0.1, 0.15) is 16.8 Å². The van der Waals surface area contributed by atoms with Crippen LogP contribution in [0.15, 0.2) is 79.3 Å². The number of halogens is 3. The molecule has 190 valence electrons. The molecule has 1 aliphatic rings. The number of carbonyl (C=O) groups excluding carboxylic acids is 2. The largest absolute Gasteiger partial charge is 0.491 e. The van der Waals surface area contributed by atoms with Gasteiger partial charge in [-0.05, 0) is 28.0 Å². The second-order valence-electron chi connectivity index (χ2n) is 8.78. The van der Waals surface area contributed by atoms with Gasteiger partial charge in [-0.25, -0.2) is 9.78 Å². The Morgan fingerprint density at radius 3 is 2.57 bits per heavy atom. The van der Waals surface area contributed by atoms with Gasteiger partial charge < -0.3 is 19.5 Å². The van der Waals surface area contributed by atoms with Crippen LogP contribution in [0.3, 0.4) is 0 Å². The highest BCUT2D eigenvalue weighted by molar-refractivity contribution is 5.90. The number of rotatable bonds is 5. The highest BCUT2D eigenvalue weighted by Crippen LogP contribution is 2.31. The molecule has 37 heavy (non-hydrogen) atoms. The molecule has 1 atom stereocenters. The molecule has 0 aliphatic carbocycles. The van der Waals surface area contributed by atoms with Crippen molar-refractivity contribution in [1.82, 2.24) is 14.9 Å². The zero-order valence-corrected chi connectivity index (χ0v) is 19.6. The van der Waals surface area contributed by atoms with Gasteiger partial charge in [-0.3, -0.25) is 4.79 Å². The van der Waals surface area contributed by atoms with E-state index >= 15 is 0 Å². The minimum atomic E-state index is -5.18. The van der Waals surface area contributed by atoms with Crippen LogP contribution in [0.2, 0.25) is 0 Å². The third-order valence-corrected chi connectivity index (χ3v) is 6.33. The minimum absolute atomic E-state index is 0.0456. The third-order valence-electron chi connectivity index (χ3n) is 6.33. The number of aromatic amines is 1. The van der Waals surface area contributed by atoms with E-state index in [4.69, 9.17) is 4.74 Å². The molecule has 1 N–H and O–H groups in total. The van der Waals surface area contributed by atoms with Gasteiger partial charge in [-0.15, -0.1) is 0 Å². The summed E-state index contributed by atoms with van der Waals surface area (Å²) in [6, 6.07) is 20.4. The number of aromatic nitrogens is 2. The lowest BCUT2D eigenvalue weighted by Crippen LogP contribution is -2.48. The first-order valence-corrected chi connectivity index (χ1v) is 11.6. The number of H-pyrrole nitrogens is 1. The summed E-state index contributed by atoms with van der Waals surface area (Å²) in [7, 11) is 0. The normalized spacial score (nSPS) is 15.8. The summed E-state index contributed by atoms with van der Waals surface area (Å²) in [4.78, 5) is 35.4. The Labute approximate surface area is 210 Å². The monoisotopic (exact) mass is 508 g/mol. The summed E-state index contributed by atoms with van der Waals surface area (Å²) in [6.07, 6.45) is -3.51. The molecule has 1 aromatic heterocycles. The molecule has 0 fully saturated rings. The lowest BCUT2D eigenvalue weighted by atomic mass is 10.0. The van der Waals surface area contributed by atoms with E-state index < -0.39 is 18.4 Å². The highest BCUT2D eigenvalue weighted by Gasteiger charge is 2.44. The van der Waals surface area contributed by atoms with Gasteiger partial charge in [0.2, 0.25) is 5.91 Å². The van der Waals surface area contributed by atoms with Crippen LogP contribution in [0, 0.1) is 0 Å². The van der Waals surface area contributed by atoms with E-state index in [0.717, 1.165) is 21.9 Å². The van der Waals surface area contributed by atoms with Gasteiger partial charge in [-0.2, -0.15) is 13.2 Å². The van der Waals surface area contributed by atoms with Crippen LogP contribution < -0.4 is 4.90 Å². The summed E-state index contributed by atoms with van der Waals surface area (Å²) < 4.78 is 44.6. The second kappa shape index (κ2) is 9.96. The first-order chi connectivity index (χ1) is 17.8. The van der Waals surface area contributed by atoms with Crippen molar-refractivity contribution >= 4 is 28.3 Å². The molecule has 10 heteroatoms. The number of fused-ring (bicyclic) bond motifs is 2. The molecule has 0 spiro atoms. The maximum absolute atomic E-state index is 13.6. The number of alkyl halides is 3. The Morgan fingerprint density at radius 1 is 1.03 bits per heavy atom. The van der Waals surface area contributed by atoms with Gasteiger partial charge in [-0.1, -0.05) is 60.7 Å². The first kappa shape index (κ1) is 24.4. The van der Waals surface area contributed by atoms with Crippen molar-refractivity contribution in [1.29, 1.82) is 0 Å². The van der Waals surface area contributed by atoms with Crippen LogP contribution >= 0.6 is 0 Å². The molecule has 1 unspecified atom stereocenters. The molecule has 0 radical (unpaired) electrons. The van der Waals surface area contributed by atoms with E-state index in [-0.39, 0.29) is 32.0 Å². The molecule has 4 aromatic rings. The third kappa shape index (κ3) is 5.28. The number of hydrogen-bond acceptors (Lipinski definition) is 5. The summed E-state index contributed by atoms with van der Waals surface area (Å²) in [5, 5.41) is 1.91. The van der Waals surface area contributed by atoms with Crippen molar-refractivity contribution in [3.05, 3.63) is 96.1 Å². The van der Waals surface area contributed by atoms with Gasteiger partial charge in [0.05, 0.1) is 31.5 Å². The summed E-state index contributed by atoms with van der Waals surface area (Å²) in [5.74, 6) is -2.60. The van der Waals surface area contributed by atoms with Crippen molar-refractivity contribution in [2.75, 3.05) is 11.4 Å². The van der Waals surface area contributed by atoms with Crippen LogP contribution in [0.5, 0.6) is 0 Å². The fraction of sp³-hybridized carbons (Fsp3) is 0.222. The van der Waals surface area contributed by atoms with Crippen molar-refractivity contribution < 1.29 is 27.5 Å². The Bertz CT molecular complexity index is 1420. The Balaban J connectivity index is 1.49. The Hall–Kier alpha value is -4.34. The maximum Gasteiger partial charge on any atom is 0.491 e. The minimum Gasteiger partial charge on any atom is -0.433 e. The number of nitrogens with zero attached hydrogens (tertiary/aromatic N) is 3. The van der Waals surface area contributed by atoms with Crippen molar-refractivity contribution in [3.8, 4) is 0 Å². The fourth-order valence-electron chi connectivity index (χ4n) is 4.58. The Kier molecular flexibility index (Phi) is 6.56. The number of nitrogens with one attached hydrogen (secondary N) is 1. The quantitative estimate of drug-likeness (QED) is 0.399. The smallest absolute Gasteiger partial charge is 0.433 e. The van der Waals surface area contributed by atoms with Crippen molar-refractivity contribution in [3.63, 3.8) is 0 Å². The predicted octanol–water partition coefficient (Wildman–Crippen LogP) is 4.59. The van der Waals surface area contributed by atoms with E-state index in [0.29, 0.717) is 11.4 Å². The SMILES string of the molecule is O=C(Cc1cccc2ccccc12)N1Cc2ccccc2N(Cc2cnc[nH]2)C(OC(=O)C(F)(F)F)C1. The average Bonchev–Trinajstić information content (AvgIpc) is 3.34. The van der Waals surface area contributed by atoms with Gasteiger partial charge in [0.15, 0.2) is 6.23 Å². The summed E-state index contributed by atoms with van der Waals surface area (Å²) in [5.41, 5.74) is 2.70. The van der Waals surface area contributed by atoms with Crippen molar-refractivity contribution in [2.24, 2.45) is 0 Å². The van der Waals surface area contributed by atoms with Gasteiger partial charge in [0.25, 0.3) is 0 Å². The first-order valence-electron chi connectivity index (χ1n) is 11.6. The number of imidazole rings is 1. The molecule has 0 saturated heterocycles. The van der Waals surface area contributed by atoms with Crippen LogP contribution in [-0.4, -0.2) is 45.7 Å². The highest BCUT2D eigenvalue weighted by atomic mass is 19.4. The number of benzene rings is 3. The standard InChI is InChI=1S/C27H23F3N4O3/c28-27(29,30)26(36)37-25-16-33(24(35)12-19-9-5-8-18-6-1-3-10-22(18)19)14-20-7-2-4-11-23(20)34(25)15-21-13-31-17-32-21/h1-11,13,17,25H,12,14-16H2,(H,31,32). The summed E-state index contributed by atoms with van der Waals surface area (Å²) >= 11 is 0. The van der Waals surface area contributed by atoms with Gasteiger partial charge in [0, 0.05) is 18.4 Å². The fourth-order valence-corrected chi connectivity index (χ4v) is 4.58. The Morgan fingerprint density at radius 2 is 1.78 bits per heavy atom. The second-order valence-corrected chi connectivity index (χ2v) is 8.78. The van der Waals surface area contributed by atoms with Crippen LogP contribution in [-0.2, 0) is 33.8 Å². The lowest BCUT2D eigenvalue weighted by Gasteiger charge is -2.33. The summed E-state index contributed by atoms with van der Waals surface area (Å²) in [6.45, 7) is 0.00568. The maximum atomic E-state index is 13.6. The molecule has 1 aliphatic heterocycles. The zero-order valence-electron chi connectivity index (χ0n) is 19.6. The number of amides is 1.